The van der Waals surface area contributed by atoms with Gasteiger partial charge in [-0.3, -0.25) is 0 Å². The minimum Gasteiger partial charge on any atom is -0.318 e. The highest BCUT2D eigenvalue weighted by atomic mass is 31.2. The first-order chi connectivity index (χ1) is 6.42. The van der Waals surface area contributed by atoms with Gasteiger partial charge in [-0.15, -0.1) is 0 Å². The molecule has 0 saturated carbocycles. The van der Waals surface area contributed by atoms with Crippen molar-refractivity contribution >= 4 is 12.4 Å². The first-order valence-corrected chi connectivity index (χ1v) is 6.96. The molecule has 0 saturated heterocycles. The lowest BCUT2D eigenvalue weighted by Crippen LogP contribution is -2.24. The summed E-state index contributed by atoms with van der Waals surface area (Å²) < 4.78 is 12.8. The summed E-state index contributed by atoms with van der Waals surface area (Å²) in [4.78, 5) is 0. The van der Waals surface area contributed by atoms with E-state index < -0.39 is 7.14 Å². The van der Waals surface area contributed by atoms with E-state index >= 15 is 0 Å². The van der Waals surface area contributed by atoms with Crippen LogP contribution in [0, 0.1) is 0 Å². The minimum atomic E-state index is -2.24. The van der Waals surface area contributed by atoms with Gasteiger partial charge >= 0.3 is 0 Å². The lowest BCUT2D eigenvalue weighted by molar-refractivity contribution is 0.557. The molecule has 0 N–H and O–H groups in total. The summed E-state index contributed by atoms with van der Waals surface area (Å²) in [6, 6.07) is 9.85. The van der Waals surface area contributed by atoms with Gasteiger partial charge in [-0.25, -0.2) is 0 Å². The van der Waals surface area contributed by atoms with E-state index in [0.717, 1.165) is 11.5 Å². The van der Waals surface area contributed by atoms with E-state index in [9.17, 15) is 4.57 Å². The van der Waals surface area contributed by atoms with Crippen LogP contribution in [0.2, 0.25) is 0 Å². The molecule has 2 heteroatoms. The SMILES string of the molecule is CC[P@](=O)(c1ccccc1)C(C)(C)C. The van der Waals surface area contributed by atoms with Crippen LogP contribution in [0.3, 0.4) is 0 Å². The van der Waals surface area contributed by atoms with Gasteiger partial charge < -0.3 is 4.57 Å². The Morgan fingerprint density at radius 2 is 1.64 bits per heavy atom. The molecule has 0 aliphatic rings. The Balaban J connectivity index is 3.23. The summed E-state index contributed by atoms with van der Waals surface area (Å²) in [5.41, 5.74) is 0. The van der Waals surface area contributed by atoms with Crippen molar-refractivity contribution in [1.29, 1.82) is 0 Å². The van der Waals surface area contributed by atoms with Crippen molar-refractivity contribution in [3.8, 4) is 0 Å². The van der Waals surface area contributed by atoms with Crippen molar-refractivity contribution in [3.63, 3.8) is 0 Å². The Morgan fingerprint density at radius 1 is 1.14 bits per heavy atom. The molecule has 1 aromatic carbocycles. The highest BCUT2D eigenvalue weighted by Gasteiger charge is 2.35. The van der Waals surface area contributed by atoms with Crippen LogP contribution in [0.15, 0.2) is 30.3 Å². The summed E-state index contributed by atoms with van der Waals surface area (Å²) in [6.07, 6.45) is 0.737. The Morgan fingerprint density at radius 3 is 2.00 bits per heavy atom. The fourth-order valence-electron chi connectivity index (χ4n) is 1.71. The largest absolute Gasteiger partial charge is 0.318 e. The van der Waals surface area contributed by atoms with Crippen LogP contribution in [-0.4, -0.2) is 11.3 Å². The van der Waals surface area contributed by atoms with Crippen LogP contribution in [0.25, 0.3) is 0 Å². The molecule has 0 aliphatic carbocycles. The van der Waals surface area contributed by atoms with Crippen LogP contribution in [0.1, 0.15) is 27.7 Å². The monoisotopic (exact) mass is 210 g/mol. The molecule has 0 amide bonds. The van der Waals surface area contributed by atoms with E-state index in [-0.39, 0.29) is 5.16 Å². The smallest absolute Gasteiger partial charge is 0.120 e. The maximum Gasteiger partial charge on any atom is 0.120 e. The van der Waals surface area contributed by atoms with E-state index in [2.05, 4.69) is 20.8 Å². The van der Waals surface area contributed by atoms with Crippen molar-refractivity contribution < 1.29 is 4.57 Å². The van der Waals surface area contributed by atoms with Gasteiger partial charge in [0.2, 0.25) is 0 Å². The quantitative estimate of drug-likeness (QED) is 0.683. The molecule has 1 aromatic rings. The van der Waals surface area contributed by atoms with Gasteiger partial charge in [0.05, 0.1) is 0 Å². The zero-order valence-electron chi connectivity index (χ0n) is 9.45. The fraction of sp³-hybridized carbons (Fsp3) is 0.500. The average Bonchev–Trinajstić information content (AvgIpc) is 2.16. The van der Waals surface area contributed by atoms with E-state index in [1.165, 1.54) is 0 Å². The highest BCUT2D eigenvalue weighted by molar-refractivity contribution is 7.73. The van der Waals surface area contributed by atoms with Gasteiger partial charge in [0.15, 0.2) is 0 Å². The van der Waals surface area contributed by atoms with Crippen molar-refractivity contribution in [1.82, 2.24) is 0 Å². The Labute approximate surface area is 86.9 Å². The molecule has 0 spiro atoms. The van der Waals surface area contributed by atoms with Gasteiger partial charge in [-0.05, 0) is 0 Å². The topological polar surface area (TPSA) is 17.1 Å². The zero-order chi connectivity index (χ0) is 10.8. The third kappa shape index (κ3) is 1.93. The first kappa shape index (κ1) is 11.5. The Hall–Kier alpha value is -0.550. The second-order valence-electron chi connectivity index (χ2n) is 4.56. The zero-order valence-corrected chi connectivity index (χ0v) is 10.3. The normalized spacial score (nSPS) is 16.3. The molecule has 0 fully saturated rings. The van der Waals surface area contributed by atoms with Crippen LogP contribution in [-0.2, 0) is 4.57 Å². The lowest BCUT2D eigenvalue weighted by atomic mass is 10.3. The minimum absolute atomic E-state index is 0.136. The highest BCUT2D eigenvalue weighted by Crippen LogP contribution is 2.55. The standard InChI is InChI=1S/C12H19OP/c1-5-14(13,12(2,3)4)11-9-7-6-8-10-11/h6-10H,5H2,1-4H3/t14-/m0/s1. The molecule has 0 aliphatic heterocycles. The molecule has 1 rings (SSSR count). The average molecular weight is 210 g/mol. The van der Waals surface area contributed by atoms with E-state index in [4.69, 9.17) is 0 Å². The fourth-order valence-corrected chi connectivity index (χ4v) is 4.46. The molecular formula is C12H19OP. The number of benzene rings is 1. The van der Waals surface area contributed by atoms with Crippen LogP contribution in [0.4, 0.5) is 0 Å². The Bertz CT molecular complexity index is 335. The molecule has 0 radical (unpaired) electrons. The van der Waals surface area contributed by atoms with E-state index in [1.807, 2.05) is 37.3 Å². The van der Waals surface area contributed by atoms with Gasteiger partial charge in [0.25, 0.3) is 0 Å². The Kier molecular flexibility index (Phi) is 3.21. The third-order valence-electron chi connectivity index (χ3n) is 2.70. The second-order valence-corrected chi connectivity index (χ2v) is 8.53. The number of rotatable bonds is 2. The van der Waals surface area contributed by atoms with Crippen LogP contribution in [0.5, 0.6) is 0 Å². The summed E-state index contributed by atoms with van der Waals surface area (Å²) in [6.45, 7) is 8.19. The molecule has 0 heterocycles. The molecular weight excluding hydrogens is 191 g/mol. The number of hydrogen-bond donors (Lipinski definition) is 0. The van der Waals surface area contributed by atoms with Crippen molar-refractivity contribution in [3.05, 3.63) is 30.3 Å². The molecule has 14 heavy (non-hydrogen) atoms. The van der Waals surface area contributed by atoms with Gasteiger partial charge in [0, 0.05) is 16.6 Å². The summed E-state index contributed by atoms with van der Waals surface area (Å²) in [7, 11) is -2.24. The summed E-state index contributed by atoms with van der Waals surface area (Å²) >= 11 is 0. The van der Waals surface area contributed by atoms with Crippen molar-refractivity contribution in [2.75, 3.05) is 6.16 Å². The summed E-state index contributed by atoms with van der Waals surface area (Å²) in [5, 5.41) is 0.873. The van der Waals surface area contributed by atoms with Crippen molar-refractivity contribution in [2.45, 2.75) is 32.9 Å². The molecule has 0 aromatic heterocycles. The second kappa shape index (κ2) is 3.90. The molecule has 1 nitrogen and oxygen atoms in total. The van der Waals surface area contributed by atoms with Gasteiger partial charge in [-0.1, -0.05) is 58.0 Å². The predicted octanol–water partition coefficient (Wildman–Crippen LogP) is 3.49. The van der Waals surface area contributed by atoms with E-state index in [1.54, 1.807) is 0 Å². The summed E-state index contributed by atoms with van der Waals surface area (Å²) in [5.74, 6) is 0. The predicted molar refractivity (Wildman–Crippen MR) is 64.0 cm³/mol. The van der Waals surface area contributed by atoms with Gasteiger partial charge in [0.1, 0.15) is 7.14 Å². The lowest BCUT2D eigenvalue weighted by Gasteiger charge is -2.30. The van der Waals surface area contributed by atoms with Crippen LogP contribution < -0.4 is 5.30 Å². The van der Waals surface area contributed by atoms with E-state index in [0.29, 0.717) is 0 Å². The maximum atomic E-state index is 12.8. The first-order valence-electron chi connectivity index (χ1n) is 5.06. The number of hydrogen-bond acceptors (Lipinski definition) is 1. The molecule has 0 unspecified atom stereocenters. The molecule has 78 valence electrons. The third-order valence-corrected chi connectivity index (χ3v) is 6.89. The van der Waals surface area contributed by atoms with Gasteiger partial charge in [-0.2, -0.15) is 0 Å². The van der Waals surface area contributed by atoms with Crippen LogP contribution >= 0.6 is 7.14 Å². The van der Waals surface area contributed by atoms with Crippen molar-refractivity contribution in [2.24, 2.45) is 0 Å². The maximum absolute atomic E-state index is 12.8. The molecule has 1 atom stereocenters. The molecule has 0 bridgehead atoms.